The number of likely N-dealkylation sites (N-methyl/N-ethyl adjacent to an activating group) is 1. The van der Waals surface area contributed by atoms with Crippen LogP contribution in [0.5, 0.6) is 0 Å². The molecule has 160 valence electrons. The van der Waals surface area contributed by atoms with Gasteiger partial charge < -0.3 is 19.6 Å². The number of hydrogen-bond acceptors (Lipinski definition) is 6. The van der Waals surface area contributed by atoms with Crippen molar-refractivity contribution in [3.8, 4) is 0 Å². The number of thioether (sulfide) groups is 1. The molecule has 2 aromatic carbocycles. The second-order valence-electron chi connectivity index (χ2n) is 7.73. The van der Waals surface area contributed by atoms with Gasteiger partial charge in [0, 0.05) is 24.9 Å². The van der Waals surface area contributed by atoms with Crippen molar-refractivity contribution in [1.29, 1.82) is 0 Å². The predicted octanol–water partition coefficient (Wildman–Crippen LogP) is 3.16. The molecule has 6 nitrogen and oxygen atoms in total. The molecule has 0 aliphatic carbocycles. The van der Waals surface area contributed by atoms with Crippen LogP contribution in [-0.4, -0.2) is 55.2 Å². The number of aliphatic hydroxyl groups is 1. The number of carbonyl (C=O) groups excluding carboxylic acids is 2. The molecule has 0 radical (unpaired) electrons. The molecule has 1 aliphatic heterocycles. The number of hydrogen-bond donors (Lipinski definition) is 1. The van der Waals surface area contributed by atoms with Crippen LogP contribution in [0.15, 0.2) is 47.4 Å². The van der Waals surface area contributed by atoms with Gasteiger partial charge in [-0.05, 0) is 44.3 Å². The number of benzene rings is 2. The number of anilines is 1. The first-order valence-corrected chi connectivity index (χ1v) is 10.8. The molecule has 0 fully saturated rings. The van der Waals surface area contributed by atoms with Crippen molar-refractivity contribution in [2.45, 2.75) is 36.7 Å². The van der Waals surface area contributed by atoms with E-state index in [9.17, 15) is 14.7 Å². The summed E-state index contributed by atoms with van der Waals surface area (Å²) in [4.78, 5) is 30.1. The van der Waals surface area contributed by atoms with Crippen molar-refractivity contribution in [2.24, 2.45) is 0 Å². The van der Waals surface area contributed by atoms with Crippen LogP contribution in [-0.2, 0) is 20.9 Å². The van der Waals surface area contributed by atoms with Gasteiger partial charge in [-0.15, -0.1) is 11.8 Å². The van der Waals surface area contributed by atoms with Crippen LogP contribution in [0.3, 0.4) is 0 Å². The highest BCUT2D eigenvalue weighted by Gasteiger charge is 2.40. The standard InChI is InChI=1S/C23H28N2O4S/c1-15-5-8-18(9-6-15)22-21(29-16(2)27)23(28)25(12-11-24(3)4)19-10-7-17(14-26)13-20(19)30-22/h5-10,13,21-22,26H,11-12,14H2,1-4H3/t21-,22+/m1/s1. The van der Waals surface area contributed by atoms with E-state index in [0.717, 1.165) is 27.3 Å². The fraction of sp³-hybridized carbons (Fsp3) is 0.391. The first kappa shape index (κ1) is 22.3. The van der Waals surface area contributed by atoms with Crippen molar-refractivity contribution in [3.63, 3.8) is 0 Å². The number of ether oxygens (including phenoxy) is 1. The highest BCUT2D eigenvalue weighted by molar-refractivity contribution is 7.99. The van der Waals surface area contributed by atoms with Gasteiger partial charge in [-0.1, -0.05) is 35.9 Å². The third kappa shape index (κ3) is 5.03. The van der Waals surface area contributed by atoms with Crippen LogP contribution in [0.25, 0.3) is 0 Å². The van der Waals surface area contributed by atoms with E-state index in [1.54, 1.807) is 4.90 Å². The lowest BCUT2D eigenvalue weighted by molar-refractivity contribution is -0.152. The third-order valence-corrected chi connectivity index (χ3v) is 6.36. The molecular formula is C23H28N2O4S. The second-order valence-corrected chi connectivity index (χ2v) is 8.92. The van der Waals surface area contributed by atoms with Gasteiger partial charge in [0.2, 0.25) is 0 Å². The number of rotatable bonds is 6. The molecule has 3 rings (SSSR count). The van der Waals surface area contributed by atoms with Gasteiger partial charge in [-0.3, -0.25) is 9.59 Å². The molecule has 1 amide bonds. The van der Waals surface area contributed by atoms with E-state index in [1.165, 1.54) is 18.7 Å². The number of aryl methyl sites for hydroxylation is 1. The van der Waals surface area contributed by atoms with Crippen molar-refractivity contribution in [1.82, 2.24) is 4.90 Å². The SMILES string of the molecule is CC(=O)O[C@H]1C(=O)N(CCN(C)C)c2ccc(CO)cc2S[C@H]1c1ccc(C)cc1. The minimum Gasteiger partial charge on any atom is -0.451 e. The van der Waals surface area contributed by atoms with Gasteiger partial charge in [0.15, 0.2) is 6.10 Å². The number of esters is 1. The van der Waals surface area contributed by atoms with E-state index >= 15 is 0 Å². The lowest BCUT2D eigenvalue weighted by atomic mass is 10.0. The summed E-state index contributed by atoms with van der Waals surface area (Å²) in [5.41, 5.74) is 3.58. The van der Waals surface area contributed by atoms with Crippen LogP contribution in [0, 0.1) is 6.92 Å². The maximum Gasteiger partial charge on any atom is 0.303 e. The van der Waals surface area contributed by atoms with Crippen molar-refractivity contribution >= 4 is 29.3 Å². The summed E-state index contributed by atoms with van der Waals surface area (Å²) in [6.45, 7) is 4.39. The lowest BCUT2D eigenvalue weighted by Gasteiger charge is -2.28. The van der Waals surface area contributed by atoms with Crippen molar-refractivity contribution in [3.05, 3.63) is 59.2 Å². The van der Waals surface area contributed by atoms with E-state index < -0.39 is 12.1 Å². The number of amides is 1. The Morgan fingerprint density at radius 3 is 2.50 bits per heavy atom. The molecule has 0 unspecified atom stereocenters. The molecule has 30 heavy (non-hydrogen) atoms. The van der Waals surface area contributed by atoms with E-state index in [2.05, 4.69) is 0 Å². The Morgan fingerprint density at radius 1 is 1.20 bits per heavy atom. The lowest BCUT2D eigenvalue weighted by Crippen LogP contribution is -2.45. The largest absolute Gasteiger partial charge is 0.451 e. The molecule has 1 heterocycles. The second kappa shape index (κ2) is 9.64. The smallest absolute Gasteiger partial charge is 0.303 e. The van der Waals surface area contributed by atoms with E-state index in [1.807, 2.05) is 68.4 Å². The molecule has 1 aliphatic rings. The molecule has 0 saturated carbocycles. The van der Waals surface area contributed by atoms with Crippen LogP contribution in [0.2, 0.25) is 0 Å². The summed E-state index contributed by atoms with van der Waals surface area (Å²) in [7, 11) is 3.90. The van der Waals surface area contributed by atoms with Crippen LogP contribution in [0.4, 0.5) is 5.69 Å². The summed E-state index contributed by atoms with van der Waals surface area (Å²) >= 11 is 1.49. The van der Waals surface area contributed by atoms with Gasteiger partial charge in [-0.25, -0.2) is 0 Å². The minimum absolute atomic E-state index is 0.0813. The molecule has 7 heteroatoms. The fourth-order valence-electron chi connectivity index (χ4n) is 3.40. The maximum atomic E-state index is 13.6. The first-order chi connectivity index (χ1) is 14.3. The average molecular weight is 429 g/mol. The van der Waals surface area contributed by atoms with Crippen LogP contribution >= 0.6 is 11.8 Å². The first-order valence-electron chi connectivity index (χ1n) is 9.90. The molecule has 0 bridgehead atoms. The Bertz CT molecular complexity index is 914. The zero-order chi connectivity index (χ0) is 21.8. The summed E-state index contributed by atoms with van der Waals surface area (Å²) in [6, 6.07) is 13.5. The Kier molecular flexibility index (Phi) is 7.18. The third-order valence-electron chi connectivity index (χ3n) is 5.01. The van der Waals surface area contributed by atoms with Gasteiger partial charge in [-0.2, -0.15) is 0 Å². The molecule has 1 N–H and O–H groups in total. The van der Waals surface area contributed by atoms with Crippen LogP contribution in [0.1, 0.15) is 28.9 Å². The summed E-state index contributed by atoms with van der Waals surface area (Å²) in [6.07, 6.45) is -0.942. The number of nitrogens with zero attached hydrogens (tertiary/aromatic N) is 2. The zero-order valence-electron chi connectivity index (χ0n) is 17.8. The van der Waals surface area contributed by atoms with Gasteiger partial charge >= 0.3 is 5.97 Å². The summed E-state index contributed by atoms with van der Waals surface area (Å²) < 4.78 is 5.59. The summed E-state index contributed by atoms with van der Waals surface area (Å²) in [5.74, 6) is -0.721. The predicted molar refractivity (Wildman–Crippen MR) is 119 cm³/mol. The topological polar surface area (TPSA) is 70.1 Å². The Labute approximate surface area is 181 Å². The number of fused-ring (bicyclic) bond motifs is 1. The van der Waals surface area contributed by atoms with Crippen molar-refractivity contribution < 1.29 is 19.4 Å². The van der Waals surface area contributed by atoms with Gasteiger partial charge in [0.05, 0.1) is 17.5 Å². The van der Waals surface area contributed by atoms with E-state index in [0.29, 0.717) is 13.1 Å². The van der Waals surface area contributed by atoms with Crippen LogP contribution < -0.4 is 4.90 Å². The maximum absolute atomic E-state index is 13.6. The Hall–Kier alpha value is -2.35. The zero-order valence-corrected chi connectivity index (χ0v) is 18.6. The van der Waals surface area contributed by atoms with Crippen molar-refractivity contribution in [2.75, 3.05) is 32.1 Å². The highest BCUT2D eigenvalue weighted by Crippen LogP contribution is 2.47. The average Bonchev–Trinajstić information content (AvgIpc) is 2.81. The minimum atomic E-state index is -0.942. The van der Waals surface area contributed by atoms with E-state index in [-0.39, 0.29) is 17.8 Å². The summed E-state index contributed by atoms with van der Waals surface area (Å²) in [5, 5.41) is 9.23. The fourth-order valence-corrected chi connectivity index (χ4v) is 4.78. The normalized spacial score (nSPS) is 18.9. The molecule has 2 atom stereocenters. The van der Waals surface area contributed by atoms with E-state index in [4.69, 9.17) is 4.74 Å². The Balaban J connectivity index is 2.12. The quantitative estimate of drug-likeness (QED) is 0.713. The number of carbonyl (C=O) groups is 2. The molecule has 0 aromatic heterocycles. The van der Waals surface area contributed by atoms with Gasteiger partial charge in [0.25, 0.3) is 5.91 Å². The number of aliphatic hydroxyl groups excluding tert-OH is 1. The molecule has 2 aromatic rings. The highest BCUT2D eigenvalue weighted by atomic mass is 32.2. The molecule has 0 spiro atoms. The molecular weight excluding hydrogens is 400 g/mol. The monoisotopic (exact) mass is 428 g/mol. The molecule has 0 saturated heterocycles. The van der Waals surface area contributed by atoms with Gasteiger partial charge in [0.1, 0.15) is 0 Å². The Morgan fingerprint density at radius 2 is 1.90 bits per heavy atom.